The van der Waals surface area contributed by atoms with Gasteiger partial charge in [-0.15, -0.1) is 0 Å². The Morgan fingerprint density at radius 1 is 1.44 bits per heavy atom. The minimum absolute atomic E-state index is 0.137. The van der Waals surface area contributed by atoms with E-state index in [1.807, 2.05) is 6.92 Å². The second-order valence-electron chi connectivity index (χ2n) is 5.38. The lowest BCUT2D eigenvalue weighted by Crippen LogP contribution is -2.33. The van der Waals surface area contributed by atoms with Gasteiger partial charge in [0.2, 0.25) is 0 Å². The van der Waals surface area contributed by atoms with Crippen LogP contribution in [0.4, 0.5) is 0 Å². The smallest absolute Gasteiger partial charge is 0.0517 e. The fraction of sp³-hybridized carbons (Fsp3) is 0.692. The van der Waals surface area contributed by atoms with Gasteiger partial charge in [0.15, 0.2) is 0 Å². The summed E-state index contributed by atoms with van der Waals surface area (Å²) >= 11 is 1.73. The van der Waals surface area contributed by atoms with E-state index in [9.17, 15) is 5.11 Å². The largest absolute Gasteiger partial charge is 0.393 e. The zero-order valence-corrected chi connectivity index (χ0v) is 11.5. The highest BCUT2D eigenvalue weighted by Gasteiger charge is 2.21. The third-order valence-corrected chi connectivity index (χ3v) is 3.48. The molecule has 0 radical (unpaired) electrons. The summed E-state index contributed by atoms with van der Waals surface area (Å²) in [5.74, 6) is 0. The lowest BCUT2D eigenvalue weighted by Gasteiger charge is -2.28. The quantitative estimate of drug-likeness (QED) is 0.801. The summed E-state index contributed by atoms with van der Waals surface area (Å²) in [6, 6.07) is 2.55. The molecule has 0 aliphatic heterocycles. The monoisotopic (exact) mass is 241 g/mol. The number of aliphatic hydroxyl groups excluding tert-OH is 1. The molecule has 2 unspecified atom stereocenters. The highest BCUT2D eigenvalue weighted by atomic mass is 32.1. The number of hydrogen-bond acceptors (Lipinski definition) is 3. The van der Waals surface area contributed by atoms with Crippen molar-refractivity contribution in [3.05, 3.63) is 22.4 Å². The van der Waals surface area contributed by atoms with Crippen molar-refractivity contribution in [3.8, 4) is 0 Å². The third-order valence-electron chi connectivity index (χ3n) is 2.78. The Morgan fingerprint density at radius 3 is 2.62 bits per heavy atom. The summed E-state index contributed by atoms with van der Waals surface area (Å²) in [7, 11) is 0. The predicted molar refractivity (Wildman–Crippen MR) is 70.8 cm³/mol. The van der Waals surface area contributed by atoms with Crippen LogP contribution in [0.3, 0.4) is 0 Å². The van der Waals surface area contributed by atoms with Gasteiger partial charge in [0.25, 0.3) is 0 Å². The van der Waals surface area contributed by atoms with Crippen LogP contribution >= 0.6 is 11.3 Å². The van der Waals surface area contributed by atoms with E-state index in [1.54, 1.807) is 11.3 Å². The van der Waals surface area contributed by atoms with Crippen LogP contribution in [-0.2, 0) is 0 Å². The molecule has 0 aliphatic rings. The van der Waals surface area contributed by atoms with Gasteiger partial charge in [0.1, 0.15) is 0 Å². The molecule has 0 aromatic carbocycles. The second-order valence-corrected chi connectivity index (χ2v) is 6.16. The van der Waals surface area contributed by atoms with E-state index in [-0.39, 0.29) is 11.5 Å². The van der Waals surface area contributed by atoms with Crippen molar-refractivity contribution < 1.29 is 5.11 Å². The molecule has 1 aromatic heterocycles. The Kier molecular flexibility index (Phi) is 4.96. The molecule has 0 amide bonds. The molecular weight excluding hydrogens is 218 g/mol. The minimum atomic E-state index is -0.228. The van der Waals surface area contributed by atoms with Gasteiger partial charge in [0, 0.05) is 12.6 Å². The molecule has 2 nitrogen and oxygen atoms in total. The molecule has 0 spiro atoms. The Bertz CT molecular complexity index is 293. The van der Waals surface area contributed by atoms with E-state index in [1.165, 1.54) is 5.56 Å². The van der Waals surface area contributed by atoms with Gasteiger partial charge in [0.05, 0.1) is 6.10 Å². The third kappa shape index (κ3) is 4.64. The van der Waals surface area contributed by atoms with E-state index in [4.69, 9.17) is 0 Å². The zero-order valence-electron chi connectivity index (χ0n) is 10.7. The molecule has 92 valence electrons. The lowest BCUT2D eigenvalue weighted by molar-refractivity contribution is 0.127. The normalized spacial score (nSPS) is 16.1. The zero-order chi connectivity index (χ0) is 12.2. The van der Waals surface area contributed by atoms with Crippen LogP contribution in [0.1, 0.15) is 45.7 Å². The Hall–Kier alpha value is -0.380. The SMILES string of the molecule is CC(O)CC(C)(C)CNC(C)c1ccsc1. The van der Waals surface area contributed by atoms with Crippen molar-refractivity contribution in [3.63, 3.8) is 0 Å². The van der Waals surface area contributed by atoms with Crippen molar-refractivity contribution in [1.82, 2.24) is 5.32 Å². The molecule has 1 rings (SSSR count). The maximum absolute atomic E-state index is 9.41. The molecule has 1 aromatic rings. The van der Waals surface area contributed by atoms with E-state index < -0.39 is 0 Å². The van der Waals surface area contributed by atoms with Gasteiger partial charge < -0.3 is 10.4 Å². The average Bonchev–Trinajstić information content (AvgIpc) is 2.64. The summed E-state index contributed by atoms with van der Waals surface area (Å²) in [4.78, 5) is 0. The van der Waals surface area contributed by atoms with Crippen molar-refractivity contribution in [2.75, 3.05) is 6.54 Å². The molecule has 2 N–H and O–H groups in total. The number of rotatable bonds is 6. The highest BCUT2D eigenvalue weighted by molar-refractivity contribution is 7.07. The Balaban J connectivity index is 2.39. The van der Waals surface area contributed by atoms with Crippen molar-refractivity contribution in [1.29, 1.82) is 0 Å². The van der Waals surface area contributed by atoms with Crippen LogP contribution < -0.4 is 5.32 Å². The maximum Gasteiger partial charge on any atom is 0.0517 e. The van der Waals surface area contributed by atoms with Crippen LogP contribution in [-0.4, -0.2) is 17.8 Å². The number of thiophene rings is 1. The summed E-state index contributed by atoms with van der Waals surface area (Å²) in [5, 5.41) is 17.2. The first kappa shape index (κ1) is 13.7. The fourth-order valence-electron chi connectivity index (χ4n) is 1.94. The molecule has 0 aliphatic carbocycles. The average molecular weight is 241 g/mol. The highest BCUT2D eigenvalue weighted by Crippen LogP contribution is 2.23. The summed E-state index contributed by atoms with van der Waals surface area (Å²) < 4.78 is 0. The van der Waals surface area contributed by atoms with Crippen molar-refractivity contribution >= 4 is 11.3 Å². The van der Waals surface area contributed by atoms with Gasteiger partial charge in [-0.25, -0.2) is 0 Å². The van der Waals surface area contributed by atoms with Crippen molar-refractivity contribution in [2.24, 2.45) is 5.41 Å². The molecule has 16 heavy (non-hydrogen) atoms. The number of hydrogen-bond donors (Lipinski definition) is 2. The van der Waals surface area contributed by atoms with E-state index in [0.29, 0.717) is 6.04 Å². The van der Waals surface area contributed by atoms with E-state index in [2.05, 4.69) is 42.9 Å². The summed E-state index contributed by atoms with van der Waals surface area (Å²) in [5.41, 5.74) is 1.48. The molecule has 0 saturated carbocycles. The van der Waals surface area contributed by atoms with Crippen LogP contribution in [0.5, 0.6) is 0 Å². The van der Waals surface area contributed by atoms with Gasteiger partial charge in [-0.1, -0.05) is 13.8 Å². The first-order valence-electron chi connectivity index (χ1n) is 5.84. The van der Waals surface area contributed by atoms with Gasteiger partial charge in [-0.2, -0.15) is 11.3 Å². The Labute approximate surface area is 103 Å². The second kappa shape index (κ2) is 5.80. The summed E-state index contributed by atoms with van der Waals surface area (Å²) in [6.07, 6.45) is 0.601. The molecule has 3 heteroatoms. The topological polar surface area (TPSA) is 32.3 Å². The first-order chi connectivity index (χ1) is 7.41. The minimum Gasteiger partial charge on any atom is -0.393 e. The van der Waals surface area contributed by atoms with Gasteiger partial charge in [-0.05, 0) is 48.1 Å². The molecule has 0 saturated heterocycles. The number of aliphatic hydroxyl groups is 1. The van der Waals surface area contributed by atoms with Crippen LogP contribution in [0, 0.1) is 5.41 Å². The van der Waals surface area contributed by atoms with Crippen LogP contribution in [0.25, 0.3) is 0 Å². The van der Waals surface area contributed by atoms with E-state index >= 15 is 0 Å². The van der Waals surface area contributed by atoms with Gasteiger partial charge >= 0.3 is 0 Å². The summed E-state index contributed by atoms with van der Waals surface area (Å²) in [6.45, 7) is 9.33. The molecular formula is C13H23NOS. The lowest BCUT2D eigenvalue weighted by atomic mass is 9.86. The fourth-order valence-corrected chi connectivity index (χ4v) is 2.69. The van der Waals surface area contributed by atoms with Crippen molar-refractivity contribution in [2.45, 2.75) is 46.3 Å². The van der Waals surface area contributed by atoms with E-state index in [0.717, 1.165) is 13.0 Å². The van der Waals surface area contributed by atoms with Crippen LogP contribution in [0.15, 0.2) is 16.8 Å². The molecule has 0 fully saturated rings. The Morgan fingerprint density at radius 2 is 2.12 bits per heavy atom. The molecule has 0 bridgehead atoms. The molecule has 2 atom stereocenters. The molecule has 1 heterocycles. The number of nitrogens with one attached hydrogen (secondary N) is 1. The van der Waals surface area contributed by atoms with Crippen LogP contribution in [0.2, 0.25) is 0 Å². The van der Waals surface area contributed by atoms with Gasteiger partial charge in [-0.3, -0.25) is 0 Å². The first-order valence-corrected chi connectivity index (χ1v) is 6.78. The predicted octanol–water partition coefficient (Wildman–Crippen LogP) is 3.20. The standard InChI is InChI=1S/C13H23NOS/c1-10(15)7-13(3,4)9-14-11(2)12-5-6-16-8-12/h5-6,8,10-11,14-15H,7,9H2,1-4H3. The maximum atomic E-state index is 9.41.